The number of nitrogens with two attached hydrogens (primary N) is 1. The molecule has 4 rings (SSSR count). The SMILES string of the molecule is COc1c(C(=O)c2ccccc2O)ccc(C(=O)N(C)c2ccccc2OCCCCC(=C=O)N2CCN(C)CC2)c1N. The van der Waals surface area contributed by atoms with E-state index in [1.54, 1.807) is 37.4 Å². The molecule has 43 heavy (non-hydrogen) atoms. The molecule has 0 aromatic heterocycles. The van der Waals surface area contributed by atoms with Gasteiger partial charge in [0, 0.05) is 33.2 Å². The Hall–Kier alpha value is -4.79. The van der Waals surface area contributed by atoms with Crippen molar-refractivity contribution in [1.82, 2.24) is 9.80 Å². The molecule has 0 bridgehead atoms. The molecule has 1 saturated heterocycles. The molecule has 1 fully saturated rings. The Morgan fingerprint density at radius 1 is 0.953 bits per heavy atom. The summed E-state index contributed by atoms with van der Waals surface area (Å²) >= 11 is 0. The van der Waals surface area contributed by atoms with Gasteiger partial charge in [0.05, 0.1) is 47.5 Å². The second-order valence-electron chi connectivity index (χ2n) is 10.4. The minimum atomic E-state index is -0.480. The normalized spacial score (nSPS) is 13.2. The van der Waals surface area contributed by atoms with Gasteiger partial charge < -0.3 is 35.0 Å². The predicted molar refractivity (Wildman–Crippen MR) is 166 cm³/mol. The van der Waals surface area contributed by atoms with Crippen molar-refractivity contribution in [2.24, 2.45) is 0 Å². The molecule has 0 radical (unpaired) electrons. The molecule has 0 spiro atoms. The number of ether oxygens (including phenoxy) is 2. The number of benzene rings is 3. The van der Waals surface area contributed by atoms with E-state index in [1.807, 2.05) is 6.07 Å². The number of anilines is 2. The zero-order valence-electron chi connectivity index (χ0n) is 24.8. The molecule has 3 N–H and O–H groups in total. The van der Waals surface area contributed by atoms with Crippen molar-refractivity contribution in [2.75, 3.05) is 64.6 Å². The average Bonchev–Trinajstić information content (AvgIpc) is 3.02. The molecule has 226 valence electrons. The van der Waals surface area contributed by atoms with Crippen molar-refractivity contribution in [3.05, 3.63) is 83.1 Å². The fraction of sp³-hybridized carbons (Fsp3) is 0.333. The lowest BCUT2D eigenvalue weighted by molar-refractivity contribution is 0.0989. The number of hydrogen-bond donors (Lipinski definition) is 2. The van der Waals surface area contributed by atoms with Crippen LogP contribution in [-0.2, 0) is 4.79 Å². The Bertz CT molecular complexity index is 1510. The fourth-order valence-electron chi connectivity index (χ4n) is 5.07. The van der Waals surface area contributed by atoms with Crippen LogP contribution in [0.15, 0.2) is 66.4 Å². The zero-order valence-corrected chi connectivity index (χ0v) is 24.8. The van der Waals surface area contributed by atoms with E-state index in [2.05, 4.69) is 22.8 Å². The number of unbranched alkanes of at least 4 members (excludes halogenated alkanes) is 1. The van der Waals surface area contributed by atoms with Gasteiger partial charge >= 0.3 is 0 Å². The van der Waals surface area contributed by atoms with Crippen molar-refractivity contribution >= 4 is 29.0 Å². The van der Waals surface area contributed by atoms with Crippen LogP contribution in [0, 0.1) is 0 Å². The number of hydrogen-bond acceptors (Lipinski definition) is 9. The lowest BCUT2D eigenvalue weighted by atomic mass is 9.98. The molecule has 0 unspecified atom stereocenters. The van der Waals surface area contributed by atoms with Crippen LogP contribution in [0.2, 0.25) is 0 Å². The number of amides is 1. The first-order chi connectivity index (χ1) is 20.8. The molecule has 0 atom stereocenters. The van der Waals surface area contributed by atoms with Gasteiger partial charge in [-0.3, -0.25) is 9.59 Å². The van der Waals surface area contributed by atoms with Crippen molar-refractivity contribution in [3.8, 4) is 17.2 Å². The Labute approximate surface area is 251 Å². The number of ketones is 1. The number of methoxy groups -OCH3 is 1. The highest BCUT2D eigenvalue weighted by Crippen LogP contribution is 2.35. The third kappa shape index (κ3) is 7.17. The topological polar surface area (TPSA) is 126 Å². The summed E-state index contributed by atoms with van der Waals surface area (Å²) in [6, 6.07) is 16.3. The fourth-order valence-corrected chi connectivity index (χ4v) is 5.07. The molecule has 1 aliphatic heterocycles. The first kappa shape index (κ1) is 31.2. The molecule has 0 aliphatic carbocycles. The van der Waals surface area contributed by atoms with Gasteiger partial charge in [0.2, 0.25) is 5.78 Å². The largest absolute Gasteiger partial charge is 0.507 e. The number of carbonyl (C=O) groups excluding carboxylic acids is 3. The molecular formula is C33H38N4O6. The Kier molecular flexibility index (Phi) is 10.4. The number of nitrogens with zero attached hydrogens (tertiary/aromatic N) is 3. The number of rotatable bonds is 12. The lowest BCUT2D eigenvalue weighted by Gasteiger charge is -2.34. The van der Waals surface area contributed by atoms with Crippen LogP contribution < -0.4 is 20.1 Å². The highest BCUT2D eigenvalue weighted by molar-refractivity contribution is 6.16. The molecule has 10 heteroatoms. The highest BCUT2D eigenvalue weighted by Gasteiger charge is 2.26. The van der Waals surface area contributed by atoms with Gasteiger partial charge in [0.25, 0.3) is 5.91 Å². The number of aromatic hydroxyl groups is 1. The first-order valence-electron chi connectivity index (χ1n) is 14.2. The zero-order chi connectivity index (χ0) is 30.9. The highest BCUT2D eigenvalue weighted by atomic mass is 16.5. The van der Waals surface area contributed by atoms with Gasteiger partial charge in [0.15, 0.2) is 5.75 Å². The number of carbonyl (C=O) groups is 2. The smallest absolute Gasteiger partial charge is 0.260 e. The lowest BCUT2D eigenvalue weighted by Crippen LogP contribution is -2.44. The molecule has 10 nitrogen and oxygen atoms in total. The van der Waals surface area contributed by atoms with Crippen LogP contribution in [0.5, 0.6) is 17.2 Å². The van der Waals surface area contributed by atoms with Crippen LogP contribution in [0.4, 0.5) is 11.4 Å². The average molecular weight is 587 g/mol. The summed E-state index contributed by atoms with van der Waals surface area (Å²) in [5, 5.41) is 10.1. The van der Waals surface area contributed by atoms with Crippen LogP contribution in [0.25, 0.3) is 0 Å². The Morgan fingerprint density at radius 2 is 1.63 bits per heavy atom. The van der Waals surface area contributed by atoms with Crippen molar-refractivity contribution in [3.63, 3.8) is 0 Å². The van der Waals surface area contributed by atoms with Gasteiger partial charge in [-0.1, -0.05) is 24.3 Å². The van der Waals surface area contributed by atoms with E-state index in [9.17, 15) is 19.5 Å². The van der Waals surface area contributed by atoms with E-state index in [0.717, 1.165) is 39.0 Å². The standard InChI is InChI=1S/C33H38N4O6/c1-35-17-19-37(20-18-35)23(22-38)10-8-9-21-43-29-14-7-5-12-27(29)36(2)33(41)25-15-16-26(32(42-3)30(25)34)31(40)24-11-4-6-13-28(24)39/h4-7,11-16,39H,8-10,17-21,34H2,1-3H3. The molecule has 3 aromatic carbocycles. The van der Waals surface area contributed by atoms with Gasteiger partial charge in [-0.15, -0.1) is 0 Å². The van der Waals surface area contributed by atoms with Gasteiger partial charge in [-0.05, 0) is 62.7 Å². The maximum absolute atomic E-state index is 13.6. The Morgan fingerprint density at radius 3 is 2.33 bits per heavy atom. The number of nitrogen functional groups attached to an aromatic ring is 1. The van der Waals surface area contributed by atoms with E-state index in [0.29, 0.717) is 30.2 Å². The van der Waals surface area contributed by atoms with Crippen LogP contribution >= 0.6 is 0 Å². The summed E-state index contributed by atoms with van der Waals surface area (Å²) in [7, 11) is 5.06. The third-order valence-corrected chi connectivity index (χ3v) is 7.62. The summed E-state index contributed by atoms with van der Waals surface area (Å²) < 4.78 is 11.5. The van der Waals surface area contributed by atoms with E-state index in [1.165, 1.54) is 36.3 Å². The van der Waals surface area contributed by atoms with E-state index < -0.39 is 11.7 Å². The van der Waals surface area contributed by atoms with Crippen LogP contribution in [0.1, 0.15) is 45.5 Å². The molecule has 1 heterocycles. The third-order valence-electron chi connectivity index (χ3n) is 7.62. The summed E-state index contributed by atoms with van der Waals surface area (Å²) in [6.07, 6.45) is 2.14. The molecule has 0 saturated carbocycles. The predicted octanol–water partition coefficient (Wildman–Crippen LogP) is 4.00. The molecule has 3 aromatic rings. The number of phenolic OH excluding ortho intramolecular Hbond substituents is 1. The maximum Gasteiger partial charge on any atom is 0.260 e. The number of phenols is 1. The van der Waals surface area contributed by atoms with E-state index in [-0.39, 0.29) is 33.9 Å². The minimum Gasteiger partial charge on any atom is -0.507 e. The van der Waals surface area contributed by atoms with Gasteiger partial charge in [0.1, 0.15) is 17.4 Å². The maximum atomic E-state index is 13.6. The summed E-state index contributed by atoms with van der Waals surface area (Å²) in [6.45, 7) is 3.92. The van der Waals surface area contributed by atoms with E-state index >= 15 is 0 Å². The second kappa shape index (κ2) is 14.4. The van der Waals surface area contributed by atoms with Crippen molar-refractivity contribution < 1.29 is 29.0 Å². The molecular weight excluding hydrogens is 548 g/mol. The Balaban J connectivity index is 1.42. The van der Waals surface area contributed by atoms with E-state index in [4.69, 9.17) is 15.2 Å². The number of likely N-dealkylation sites (N-methyl/N-ethyl adjacent to an activating group) is 1. The van der Waals surface area contributed by atoms with Crippen molar-refractivity contribution in [2.45, 2.75) is 19.3 Å². The summed E-state index contributed by atoms with van der Waals surface area (Å²) in [5.74, 6) is 1.64. The minimum absolute atomic E-state index is 0.0124. The van der Waals surface area contributed by atoms with Crippen LogP contribution in [0.3, 0.4) is 0 Å². The summed E-state index contributed by atoms with van der Waals surface area (Å²) in [5.41, 5.74) is 8.01. The van der Waals surface area contributed by atoms with Gasteiger partial charge in [-0.25, -0.2) is 4.79 Å². The number of para-hydroxylation sites is 3. The monoisotopic (exact) mass is 586 g/mol. The van der Waals surface area contributed by atoms with Crippen LogP contribution in [-0.4, -0.2) is 86.5 Å². The number of allylic oxidation sites excluding steroid dienone is 1. The molecule has 1 amide bonds. The van der Waals surface area contributed by atoms with Gasteiger partial charge in [-0.2, -0.15) is 0 Å². The van der Waals surface area contributed by atoms with Crippen molar-refractivity contribution in [1.29, 1.82) is 0 Å². The second-order valence-corrected chi connectivity index (χ2v) is 10.4. The quantitative estimate of drug-likeness (QED) is 0.140. The summed E-state index contributed by atoms with van der Waals surface area (Å²) in [4.78, 5) is 44.1. The first-order valence-corrected chi connectivity index (χ1v) is 14.2. The number of piperazine rings is 1. The molecule has 1 aliphatic rings.